The van der Waals surface area contributed by atoms with Gasteiger partial charge in [0.2, 0.25) is 0 Å². The molecule has 1 aliphatic heterocycles. The first kappa shape index (κ1) is 8.97. The van der Waals surface area contributed by atoms with Crippen LogP contribution in [0.25, 0.3) is 0 Å². The summed E-state index contributed by atoms with van der Waals surface area (Å²) in [7, 11) is 0. The predicted molar refractivity (Wildman–Crippen MR) is 45.5 cm³/mol. The van der Waals surface area contributed by atoms with Crippen molar-refractivity contribution in [2.24, 2.45) is 5.73 Å². The van der Waals surface area contributed by atoms with Gasteiger partial charge in [-0.3, -0.25) is 4.90 Å². The smallest absolute Gasteiger partial charge is 0.0593 e. The number of nitrogens with zero attached hydrogens (tertiary/aromatic N) is 1. The van der Waals surface area contributed by atoms with E-state index in [4.69, 9.17) is 10.5 Å². The second-order valence-corrected chi connectivity index (χ2v) is 3.05. The van der Waals surface area contributed by atoms with Crippen molar-refractivity contribution >= 4 is 0 Å². The summed E-state index contributed by atoms with van der Waals surface area (Å²) in [4.78, 5) is 2.36. The molecule has 0 aliphatic carbocycles. The monoisotopic (exact) mass is 158 g/mol. The Labute approximate surface area is 68.5 Å². The van der Waals surface area contributed by atoms with Crippen LogP contribution in [0.15, 0.2) is 0 Å². The summed E-state index contributed by atoms with van der Waals surface area (Å²) >= 11 is 0. The van der Waals surface area contributed by atoms with Crippen molar-refractivity contribution in [2.75, 3.05) is 32.8 Å². The fourth-order valence-corrected chi connectivity index (χ4v) is 1.40. The molecule has 1 saturated heterocycles. The lowest BCUT2D eigenvalue weighted by atomic mass is 10.3. The van der Waals surface area contributed by atoms with Crippen LogP contribution in [0.5, 0.6) is 0 Å². The quantitative estimate of drug-likeness (QED) is 0.588. The molecule has 11 heavy (non-hydrogen) atoms. The Balaban J connectivity index is 1.99. The molecular formula is C8H18N2O. The van der Waals surface area contributed by atoms with Gasteiger partial charge in [0.05, 0.1) is 6.61 Å². The summed E-state index contributed by atoms with van der Waals surface area (Å²) in [6, 6.07) is 0.400. The van der Waals surface area contributed by atoms with Crippen LogP contribution in [-0.2, 0) is 4.74 Å². The summed E-state index contributed by atoms with van der Waals surface area (Å²) in [6.07, 6.45) is 1.14. The van der Waals surface area contributed by atoms with Gasteiger partial charge in [-0.25, -0.2) is 0 Å². The van der Waals surface area contributed by atoms with Crippen LogP contribution in [0.2, 0.25) is 0 Å². The largest absolute Gasteiger partial charge is 0.380 e. The molecule has 0 aromatic heterocycles. The minimum absolute atomic E-state index is 0.400. The van der Waals surface area contributed by atoms with Crippen molar-refractivity contribution in [2.45, 2.75) is 19.4 Å². The Morgan fingerprint density at radius 1 is 1.64 bits per heavy atom. The van der Waals surface area contributed by atoms with E-state index < -0.39 is 0 Å². The molecule has 1 fully saturated rings. The maximum atomic E-state index is 5.75. The summed E-state index contributed by atoms with van der Waals surface area (Å²) in [5.74, 6) is 0. The van der Waals surface area contributed by atoms with Crippen LogP contribution in [0.3, 0.4) is 0 Å². The molecule has 0 bridgehead atoms. The lowest BCUT2D eigenvalue weighted by molar-refractivity contribution is 0.121. The van der Waals surface area contributed by atoms with Gasteiger partial charge in [0.25, 0.3) is 0 Å². The van der Waals surface area contributed by atoms with E-state index in [1.54, 1.807) is 0 Å². The topological polar surface area (TPSA) is 38.5 Å². The Morgan fingerprint density at radius 3 is 3.00 bits per heavy atom. The van der Waals surface area contributed by atoms with Gasteiger partial charge in [-0.2, -0.15) is 0 Å². The molecule has 1 rings (SSSR count). The van der Waals surface area contributed by atoms with E-state index in [9.17, 15) is 0 Å². The van der Waals surface area contributed by atoms with Gasteiger partial charge in [0.1, 0.15) is 0 Å². The van der Waals surface area contributed by atoms with Crippen LogP contribution >= 0.6 is 0 Å². The number of likely N-dealkylation sites (tertiary alicyclic amines) is 1. The van der Waals surface area contributed by atoms with Gasteiger partial charge in [-0.15, -0.1) is 0 Å². The number of nitrogens with two attached hydrogens (primary N) is 1. The third-order valence-electron chi connectivity index (χ3n) is 2.06. The highest BCUT2D eigenvalue weighted by atomic mass is 16.5. The molecule has 3 heteroatoms. The second-order valence-electron chi connectivity index (χ2n) is 3.05. The third kappa shape index (κ3) is 3.18. The number of ether oxygens (including phenoxy) is 1. The van der Waals surface area contributed by atoms with Gasteiger partial charge >= 0.3 is 0 Å². The maximum Gasteiger partial charge on any atom is 0.0593 e. The second kappa shape index (κ2) is 4.70. The van der Waals surface area contributed by atoms with Gasteiger partial charge in [-0.05, 0) is 19.9 Å². The Kier molecular flexibility index (Phi) is 3.83. The first-order valence-electron chi connectivity index (χ1n) is 4.38. The summed E-state index contributed by atoms with van der Waals surface area (Å²) in [5, 5.41) is 0. The minimum atomic E-state index is 0.400. The summed E-state index contributed by atoms with van der Waals surface area (Å²) in [6.45, 7) is 6.93. The van der Waals surface area contributed by atoms with E-state index >= 15 is 0 Å². The van der Waals surface area contributed by atoms with Crippen LogP contribution in [0.4, 0.5) is 0 Å². The number of rotatable bonds is 4. The molecule has 0 spiro atoms. The molecule has 1 unspecified atom stereocenters. The highest BCUT2D eigenvalue weighted by Gasteiger charge is 2.17. The molecule has 1 atom stereocenters. The third-order valence-corrected chi connectivity index (χ3v) is 2.06. The zero-order chi connectivity index (χ0) is 8.10. The van der Waals surface area contributed by atoms with Crippen molar-refractivity contribution in [1.82, 2.24) is 4.90 Å². The molecule has 3 nitrogen and oxygen atoms in total. The van der Waals surface area contributed by atoms with E-state index in [1.165, 1.54) is 0 Å². The SMILES string of the molecule is CCOCCN1CCC(N)C1. The minimum Gasteiger partial charge on any atom is -0.380 e. The zero-order valence-electron chi connectivity index (χ0n) is 7.25. The zero-order valence-corrected chi connectivity index (χ0v) is 7.25. The van der Waals surface area contributed by atoms with Crippen LogP contribution < -0.4 is 5.73 Å². The van der Waals surface area contributed by atoms with Gasteiger partial charge in [-0.1, -0.05) is 0 Å². The van der Waals surface area contributed by atoms with E-state index in [0.29, 0.717) is 6.04 Å². The van der Waals surface area contributed by atoms with E-state index in [0.717, 1.165) is 39.3 Å². The summed E-state index contributed by atoms with van der Waals surface area (Å²) in [5.41, 5.74) is 5.75. The van der Waals surface area contributed by atoms with E-state index in [2.05, 4.69) is 4.90 Å². The highest BCUT2D eigenvalue weighted by Crippen LogP contribution is 2.05. The maximum absolute atomic E-state index is 5.75. The average Bonchev–Trinajstić information content (AvgIpc) is 2.37. The molecule has 0 radical (unpaired) electrons. The average molecular weight is 158 g/mol. The van der Waals surface area contributed by atoms with Gasteiger partial charge in [0.15, 0.2) is 0 Å². The summed E-state index contributed by atoms with van der Waals surface area (Å²) < 4.78 is 5.25. The standard InChI is InChI=1S/C8H18N2O/c1-2-11-6-5-10-4-3-8(9)7-10/h8H,2-7,9H2,1H3. The fourth-order valence-electron chi connectivity index (χ4n) is 1.40. The molecule has 1 heterocycles. The van der Waals surface area contributed by atoms with E-state index in [-0.39, 0.29) is 0 Å². The molecule has 2 N–H and O–H groups in total. The van der Waals surface area contributed by atoms with Gasteiger partial charge < -0.3 is 10.5 Å². The van der Waals surface area contributed by atoms with Crippen molar-refractivity contribution in [3.8, 4) is 0 Å². The highest BCUT2D eigenvalue weighted by molar-refractivity contribution is 4.77. The lowest BCUT2D eigenvalue weighted by Crippen LogP contribution is -2.29. The van der Waals surface area contributed by atoms with Gasteiger partial charge in [0, 0.05) is 25.7 Å². The molecule has 0 saturated carbocycles. The molecule has 66 valence electrons. The Hall–Kier alpha value is -0.120. The van der Waals surface area contributed by atoms with Crippen molar-refractivity contribution in [1.29, 1.82) is 0 Å². The van der Waals surface area contributed by atoms with Crippen molar-refractivity contribution in [3.63, 3.8) is 0 Å². The Morgan fingerprint density at radius 2 is 2.45 bits per heavy atom. The molecular weight excluding hydrogens is 140 g/mol. The first-order valence-corrected chi connectivity index (χ1v) is 4.38. The molecule has 0 aromatic rings. The Bertz CT molecular complexity index is 108. The number of hydrogen-bond acceptors (Lipinski definition) is 3. The first-order chi connectivity index (χ1) is 5.33. The van der Waals surface area contributed by atoms with Crippen LogP contribution in [-0.4, -0.2) is 43.8 Å². The number of hydrogen-bond donors (Lipinski definition) is 1. The van der Waals surface area contributed by atoms with Crippen LogP contribution in [0, 0.1) is 0 Å². The fraction of sp³-hybridized carbons (Fsp3) is 1.00. The van der Waals surface area contributed by atoms with Crippen molar-refractivity contribution in [3.05, 3.63) is 0 Å². The molecule has 0 amide bonds. The lowest BCUT2D eigenvalue weighted by Gasteiger charge is -2.14. The molecule has 0 aromatic carbocycles. The molecule has 1 aliphatic rings. The normalized spacial score (nSPS) is 26.2. The van der Waals surface area contributed by atoms with Crippen LogP contribution in [0.1, 0.15) is 13.3 Å². The van der Waals surface area contributed by atoms with Crippen molar-refractivity contribution < 1.29 is 4.74 Å². The predicted octanol–water partition coefficient (Wildman–Crippen LogP) is 0.0559. The van der Waals surface area contributed by atoms with E-state index in [1.807, 2.05) is 6.92 Å².